The van der Waals surface area contributed by atoms with Gasteiger partial charge in [-0.05, 0) is 81.7 Å². The Morgan fingerprint density at radius 2 is 1.41 bits per heavy atom. The summed E-state index contributed by atoms with van der Waals surface area (Å²) in [5.74, 6) is -8.65. The van der Waals surface area contributed by atoms with E-state index in [1.807, 2.05) is 63.2 Å². The molecule has 0 saturated carbocycles. The predicted octanol–water partition coefficient (Wildman–Crippen LogP) is 2.27. The van der Waals surface area contributed by atoms with Crippen LogP contribution in [0.1, 0.15) is 89.8 Å². The van der Waals surface area contributed by atoms with Crippen LogP contribution in [0, 0.1) is 17.3 Å². The molecule has 0 radical (unpaired) electrons. The SMILES string of the molecule is CCC(OC(=O)CC(Cc1ccccc1)C(=O)NC1CSSCC(C(=O)NC(CO)C(C)O)NC(=O)C(C(C)O)NC(=O)C(CCCCN)NC(=O)C(Cc2c[nH]c3ccccc23)NC(=O)C(Cc2ccccc2)CC1=O)C(C)(C)CN. The molecule has 21 nitrogen and oxygen atoms in total. The van der Waals surface area contributed by atoms with Crippen molar-refractivity contribution in [3.63, 3.8) is 0 Å². The van der Waals surface area contributed by atoms with Crippen LogP contribution >= 0.6 is 21.6 Å². The zero-order valence-corrected chi connectivity index (χ0v) is 49.0. The van der Waals surface area contributed by atoms with Gasteiger partial charge in [0.05, 0.1) is 43.2 Å². The number of hydrogen-bond donors (Lipinski definition) is 12. The minimum Gasteiger partial charge on any atom is -0.462 e. The molecule has 14 N–H and O–H groups in total. The smallest absolute Gasteiger partial charge is 0.306 e. The monoisotopic (exact) mass is 1170 g/mol. The molecule has 23 heteroatoms. The number of ether oxygens (including phenoxy) is 1. The number of H-pyrrole nitrogens is 1. The lowest BCUT2D eigenvalue weighted by Gasteiger charge is -2.32. The van der Waals surface area contributed by atoms with Gasteiger partial charge in [-0.3, -0.25) is 38.4 Å². The minimum absolute atomic E-state index is 0.0191. The summed E-state index contributed by atoms with van der Waals surface area (Å²) in [6, 6.07) is 17.0. The van der Waals surface area contributed by atoms with Crippen molar-refractivity contribution in [3.8, 4) is 0 Å². The number of aliphatic hydroxyl groups is 3. The van der Waals surface area contributed by atoms with Gasteiger partial charge in [0.25, 0.3) is 0 Å². The number of hydrogen-bond acceptors (Lipinski definition) is 16. The second-order valence-corrected chi connectivity index (χ2v) is 24.2. The number of aromatic amines is 1. The van der Waals surface area contributed by atoms with E-state index >= 15 is 9.59 Å². The maximum atomic E-state index is 15.1. The lowest BCUT2D eigenvalue weighted by atomic mass is 9.85. The summed E-state index contributed by atoms with van der Waals surface area (Å²) < 4.78 is 5.96. The maximum absolute atomic E-state index is 15.1. The Morgan fingerprint density at radius 3 is 2.05 bits per heavy atom. The van der Waals surface area contributed by atoms with Crippen molar-refractivity contribution in [2.24, 2.45) is 28.7 Å². The molecular formula is C59H83N9O12S2. The van der Waals surface area contributed by atoms with Crippen molar-refractivity contribution in [2.75, 3.05) is 31.2 Å². The van der Waals surface area contributed by atoms with E-state index < -0.39 is 132 Å². The summed E-state index contributed by atoms with van der Waals surface area (Å²) in [5.41, 5.74) is 14.1. The topological polar surface area (TPSA) is 346 Å². The first-order valence-corrected chi connectivity index (χ1v) is 30.5. The molecule has 1 aliphatic heterocycles. The molecule has 1 aromatic heterocycles. The van der Waals surface area contributed by atoms with E-state index in [9.17, 15) is 44.1 Å². The number of aliphatic hydroxyl groups excluding tert-OH is 3. The number of carbonyl (C=O) groups is 8. The fraction of sp³-hybridized carbons (Fsp3) is 0.525. The van der Waals surface area contributed by atoms with Gasteiger partial charge in [0, 0.05) is 59.3 Å². The highest BCUT2D eigenvalue weighted by Gasteiger charge is 2.38. The molecule has 4 aromatic rings. The first-order chi connectivity index (χ1) is 39.2. The third-order valence-electron chi connectivity index (χ3n) is 14.7. The Kier molecular flexibility index (Phi) is 26.8. The molecule has 448 valence electrons. The molecule has 11 atom stereocenters. The lowest BCUT2D eigenvalue weighted by molar-refractivity contribution is -0.157. The fourth-order valence-electron chi connectivity index (χ4n) is 9.53. The highest BCUT2D eigenvalue weighted by Crippen LogP contribution is 2.28. The van der Waals surface area contributed by atoms with E-state index in [2.05, 4.69) is 36.9 Å². The van der Waals surface area contributed by atoms with Crippen LogP contribution in [-0.2, 0) is 62.4 Å². The Hall–Kier alpha value is -6.34. The first-order valence-electron chi connectivity index (χ1n) is 28.0. The number of carbonyl (C=O) groups excluding carboxylic acids is 8. The third kappa shape index (κ3) is 20.2. The number of rotatable bonds is 23. The van der Waals surface area contributed by atoms with E-state index in [1.165, 1.54) is 13.8 Å². The van der Waals surface area contributed by atoms with Crippen molar-refractivity contribution in [3.05, 3.63) is 108 Å². The summed E-state index contributed by atoms with van der Waals surface area (Å²) in [6.45, 7) is 8.05. The summed E-state index contributed by atoms with van der Waals surface area (Å²) in [6.07, 6.45) is -1.15. The first kappa shape index (κ1) is 66.5. The molecular weight excluding hydrogens is 1090 g/mol. The number of aromatic nitrogens is 1. The number of benzene rings is 3. The highest BCUT2D eigenvalue weighted by molar-refractivity contribution is 8.76. The number of nitrogens with two attached hydrogens (primary N) is 2. The molecule has 0 spiro atoms. The second kappa shape index (κ2) is 33.1. The molecule has 6 amide bonds. The van der Waals surface area contributed by atoms with Crippen LogP contribution in [0.5, 0.6) is 0 Å². The van der Waals surface area contributed by atoms with Gasteiger partial charge in [-0.2, -0.15) is 0 Å². The Morgan fingerprint density at radius 1 is 0.780 bits per heavy atom. The second-order valence-electron chi connectivity index (χ2n) is 21.7. The van der Waals surface area contributed by atoms with Crippen LogP contribution in [0.4, 0.5) is 0 Å². The number of ketones is 1. The van der Waals surface area contributed by atoms with E-state index in [0.29, 0.717) is 30.4 Å². The van der Waals surface area contributed by atoms with Gasteiger partial charge in [0.2, 0.25) is 35.4 Å². The molecule has 2 heterocycles. The number of para-hydroxylation sites is 1. The van der Waals surface area contributed by atoms with Gasteiger partial charge in [0.15, 0.2) is 5.78 Å². The van der Waals surface area contributed by atoms with Crippen LogP contribution in [0.2, 0.25) is 0 Å². The average molecular weight is 1170 g/mol. The van der Waals surface area contributed by atoms with Crippen molar-refractivity contribution in [1.29, 1.82) is 0 Å². The zero-order valence-electron chi connectivity index (χ0n) is 47.4. The molecule has 0 bridgehead atoms. The summed E-state index contributed by atoms with van der Waals surface area (Å²) in [5, 5.41) is 48.4. The van der Waals surface area contributed by atoms with Crippen molar-refractivity contribution < 1.29 is 58.4 Å². The van der Waals surface area contributed by atoms with Gasteiger partial charge in [-0.1, -0.05) is 121 Å². The van der Waals surface area contributed by atoms with Gasteiger partial charge in [-0.25, -0.2) is 0 Å². The molecule has 1 aliphatic rings. The Balaban J connectivity index is 1.61. The molecule has 11 unspecified atom stereocenters. The van der Waals surface area contributed by atoms with Crippen molar-refractivity contribution in [1.82, 2.24) is 36.9 Å². The van der Waals surface area contributed by atoms with E-state index in [4.69, 9.17) is 16.2 Å². The van der Waals surface area contributed by atoms with Crippen LogP contribution in [0.3, 0.4) is 0 Å². The zero-order chi connectivity index (χ0) is 59.9. The molecule has 5 rings (SSSR count). The normalized spacial score (nSPS) is 22.0. The lowest BCUT2D eigenvalue weighted by Crippen LogP contribution is -2.62. The van der Waals surface area contributed by atoms with Crippen LogP contribution < -0.4 is 43.4 Å². The van der Waals surface area contributed by atoms with Crippen molar-refractivity contribution >= 4 is 79.7 Å². The van der Waals surface area contributed by atoms with Gasteiger partial charge < -0.3 is 68.4 Å². The molecule has 1 fully saturated rings. The maximum Gasteiger partial charge on any atom is 0.306 e. The van der Waals surface area contributed by atoms with Gasteiger partial charge >= 0.3 is 5.97 Å². The number of esters is 1. The van der Waals surface area contributed by atoms with Crippen LogP contribution in [0.25, 0.3) is 10.9 Å². The number of unbranched alkanes of at least 4 members (excludes halogenated alkanes) is 1. The quantitative estimate of drug-likeness (QED) is 0.0288. The third-order valence-corrected chi connectivity index (χ3v) is 17.1. The Bertz CT molecular complexity index is 2730. The van der Waals surface area contributed by atoms with E-state index in [-0.39, 0.29) is 56.7 Å². The number of Topliss-reactive ketones (excluding diaryl/α,β-unsaturated/α-hetero) is 1. The number of fused-ring (bicyclic) bond motifs is 1. The number of nitrogens with one attached hydrogen (secondary N) is 7. The molecule has 3 aromatic carbocycles. The minimum atomic E-state index is -1.69. The number of amides is 6. The molecule has 82 heavy (non-hydrogen) atoms. The largest absolute Gasteiger partial charge is 0.462 e. The molecule has 1 saturated heterocycles. The van der Waals surface area contributed by atoms with Gasteiger partial charge in [0.1, 0.15) is 30.3 Å². The van der Waals surface area contributed by atoms with E-state index in [0.717, 1.165) is 38.1 Å². The van der Waals surface area contributed by atoms with Gasteiger partial charge in [-0.15, -0.1) is 0 Å². The highest BCUT2D eigenvalue weighted by atomic mass is 33.1. The van der Waals surface area contributed by atoms with Crippen molar-refractivity contribution in [2.45, 2.75) is 147 Å². The summed E-state index contributed by atoms with van der Waals surface area (Å²) in [4.78, 5) is 119. The summed E-state index contributed by atoms with van der Waals surface area (Å²) >= 11 is 0. The standard InChI is InChI=1S/C59H83N9O12S2/c1-6-50(59(4,5)34-61)80-51(73)29-40(26-38-19-11-8-12-20-38)54(75)66-47-32-81-82-33-48(57(78)65-46(31-69)35(2)70)67-58(79)52(36(3)71)68-55(76)44(23-15-16-24-60)63-56(77)45(27-41-30-62-43-22-14-13-21-42(41)43)64-53(74)39(28-49(47)72)25-37-17-9-7-10-18-37/h7-14,17-22,30,35-36,39-40,44-48,50,52,62,69-71H,6,15-16,23-29,31-34,60-61H2,1-5H3,(H,63,77)(H,64,74)(H,65,78)(H,66,75)(H,67,79)(H,68,76). The summed E-state index contributed by atoms with van der Waals surface area (Å²) in [7, 11) is 2.07. The average Bonchev–Trinajstić information content (AvgIpc) is 4.11. The molecule has 0 aliphatic carbocycles. The fourth-order valence-corrected chi connectivity index (χ4v) is 11.9. The van der Waals surface area contributed by atoms with Crippen LogP contribution in [-0.4, -0.2) is 153 Å². The van der Waals surface area contributed by atoms with E-state index in [1.54, 1.807) is 48.7 Å². The van der Waals surface area contributed by atoms with Crippen LogP contribution in [0.15, 0.2) is 91.1 Å². The predicted molar refractivity (Wildman–Crippen MR) is 316 cm³/mol. The Labute approximate surface area is 487 Å².